The molecule has 6 rings (SSSR count). The number of benzene rings is 3. The van der Waals surface area contributed by atoms with Crippen molar-refractivity contribution in [1.29, 1.82) is 0 Å². The first-order chi connectivity index (χ1) is 18.9. The molecule has 0 bridgehead atoms. The summed E-state index contributed by atoms with van der Waals surface area (Å²) in [7, 11) is 2.08. The van der Waals surface area contributed by atoms with Crippen LogP contribution in [0.25, 0.3) is 33.9 Å². The second-order valence-electron chi connectivity index (χ2n) is 10.5. The van der Waals surface area contributed by atoms with Crippen molar-refractivity contribution < 1.29 is 9.59 Å². The zero-order valence-electron chi connectivity index (χ0n) is 22.5. The van der Waals surface area contributed by atoms with Gasteiger partial charge in [0.2, 0.25) is 0 Å². The molecular formula is C33H32N4O2. The van der Waals surface area contributed by atoms with Gasteiger partial charge in [-0.15, -0.1) is 0 Å². The summed E-state index contributed by atoms with van der Waals surface area (Å²) in [6.07, 6.45) is 1.88. The molecule has 6 heteroatoms. The van der Waals surface area contributed by atoms with E-state index < -0.39 is 0 Å². The number of rotatable bonds is 4. The number of carbonyl (C=O) groups excluding carboxylic acids is 2. The Balaban J connectivity index is 1.31. The highest BCUT2D eigenvalue weighted by Gasteiger charge is 2.28. The summed E-state index contributed by atoms with van der Waals surface area (Å²) < 4.78 is 0. The summed E-state index contributed by atoms with van der Waals surface area (Å²) in [4.78, 5) is 33.9. The van der Waals surface area contributed by atoms with Gasteiger partial charge in [-0.3, -0.25) is 9.59 Å². The number of nitrogens with one attached hydrogen (secondary N) is 2. The molecule has 1 fully saturated rings. The Morgan fingerprint density at radius 1 is 0.821 bits per heavy atom. The first-order valence-electron chi connectivity index (χ1n) is 13.4. The second-order valence-corrected chi connectivity index (χ2v) is 10.5. The third kappa shape index (κ3) is 4.68. The summed E-state index contributed by atoms with van der Waals surface area (Å²) in [5.41, 5.74) is 9.93. The van der Waals surface area contributed by atoms with Gasteiger partial charge in [0.05, 0.1) is 11.1 Å². The molecule has 0 aliphatic carbocycles. The van der Waals surface area contributed by atoms with Crippen molar-refractivity contribution in [2.45, 2.75) is 13.8 Å². The number of aromatic nitrogens is 1. The van der Waals surface area contributed by atoms with Gasteiger partial charge in [-0.2, -0.15) is 0 Å². The monoisotopic (exact) mass is 516 g/mol. The van der Waals surface area contributed by atoms with E-state index in [9.17, 15) is 9.59 Å². The lowest BCUT2D eigenvalue weighted by Gasteiger charge is -2.32. The van der Waals surface area contributed by atoms with Crippen LogP contribution in [0.1, 0.15) is 32.9 Å². The Bertz CT molecular complexity index is 1590. The third-order valence-electron chi connectivity index (χ3n) is 7.90. The van der Waals surface area contributed by atoms with Gasteiger partial charge < -0.3 is 20.1 Å². The number of H-pyrrole nitrogens is 1. The van der Waals surface area contributed by atoms with Crippen LogP contribution in [0.2, 0.25) is 0 Å². The summed E-state index contributed by atoms with van der Waals surface area (Å²) in [5, 5.41) is 3.00. The fourth-order valence-electron chi connectivity index (χ4n) is 5.55. The summed E-state index contributed by atoms with van der Waals surface area (Å²) in [5.74, 6) is -0.0864. The Kier molecular flexibility index (Phi) is 6.41. The van der Waals surface area contributed by atoms with E-state index >= 15 is 0 Å². The molecule has 196 valence electrons. The largest absolute Gasteiger partial charge is 0.358 e. The molecule has 2 amide bonds. The molecule has 0 radical (unpaired) electrons. The molecule has 6 nitrogen and oxygen atoms in total. The molecule has 1 saturated heterocycles. The van der Waals surface area contributed by atoms with Gasteiger partial charge in [0, 0.05) is 48.8 Å². The predicted molar refractivity (Wildman–Crippen MR) is 157 cm³/mol. The topological polar surface area (TPSA) is 68.4 Å². The average Bonchev–Trinajstić information content (AvgIpc) is 3.42. The predicted octanol–water partition coefficient (Wildman–Crippen LogP) is 5.85. The molecule has 0 spiro atoms. The maximum Gasteiger partial charge on any atom is 0.256 e. The standard InChI is InChI=1S/C33H32N4O2/c1-21-30(34-22(2)31(21)33(39)37-17-15-36(3)16-18-37)20-28-27-19-26(13-14-29(27)35-32(28)38)25-11-9-24(10-12-25)23-7-5-4-6-8-23/h4-14,19-20,34H,15-18H2,1-3H3,(H,35,38)/b28-20-. The van der Waals surface area contributed by atoms with E-state index in [1.165, 1.54) is 5.56 Å². The lowest BCUT2D eigenvalue weighted by Crippen LogP contribution is -2.47. The summed E-state index contributed by atoms with van der Waals surface area (Å²) >= 11 is 0. The van der Waals surface area contributed by atoms with Gasteiger partial charge in [-0.25, -0.2) is 0 Å². The van der Waals surface area contributed by atoms with Gasteiger partial charge in [0.25, 0.3) is 11.8 Å². The quantitative estimate of drug-likeness (QED) is 0.335. The number of anilines is 1. The molecular weight excluding hydrogens is 484 g/mol. The fraction of sp³-hybridized carbons (Fsp3) is 0.212. The molecule has 4 aromatic rings. The average molecular weight is 517 g/mol. The number of likely N-dealkylation sites (N-methyl/N-ethyl adjacent to an activating group) is 1. The van der Waals surface area contributed by atoms with Gasteiger partial charge in [-0.1, -0.05) is 60.7 Å². The normalized spacial score (nSPS) is 16.4. The Labute approximate surface area is 229 Å². The zero-order valence-corrected chi connectivity index (χ0v) is 22.5. The van der Waals surface area contributed by atoms with Crippen molar-refractivity contribution in [3.63, 3.8) is 0 Å². The van der Waals surface area contributed by atoms with E-state index in [1.807, 2.05) is 55.2 Å². The maximum atomic E-state index is 13.4. The van der Waals surface area contributed by atoms with Crippen molar-refractivity contribution in [3.8, 4) is 22.3 Å². The zero-order chi connectivity index (χ0) is 27.1. The lowest BCUT2D eigenvalue weighted by atomic mass is 9.96. The highest BCUT2D eigenvalue weighted by Crippen LogP contribution is 2.37. The molecule has 2 aliphatic heterocycles. The van der Waals surface area contributed by atoms with Crippen LogP contribution in [0.4, 0.5) is 5.69 Å². The van der Waals surface area contributed by atoms with E-state index in [1.54, 1.807) is 0 Å². The SMILES string of the molecule is Cc1[nH]c(/C=C2\C(=O)Nc3ccc(-c4ccc(-c5ccccc5)cc4)cc32)c(C)c1C(=O)N1CCN(C)CC1. The molecule has 0 atom stereocenters. The number of hydrogen-bond acceptors (Lipinski definition) is 3. The van der Waals surface area contributed by atoms with Crippen LogP contribution in [0.3, 0.4) is 0 Å². The molecule has 3 aromatic carbocycles. The van der Waals surface area contributed by atoms with E-state index in [0.717, 1.165) is 71.1 Å². The highest BCUT2D eigenvalue weighted by molar-refractivity contribution is 6.35. The van der Waals surface area contributed by atoms with Gasteiger partial charge in [0.15, 0.2) is 0 Å². The number of nitrogens with zero attached hydrogens (tertiary/aromatic N) is 2. The number of aryl methyl sites for hydroxylation is 1. The molecule has 2 N–H and O–H groups in total. The first kappa shape index (κ1) is 24.9. The number of aromatic amines is 1. The van der Waals surface area contributed by atoms with Crippen LogP contribution >= 0.6 is 0 Å². The van der Waals surface area contributed by atoms with Gasteiger partial charge in [0.1, 0.15) is 0 Å². The minimum atomic E-state index is -0.139. The Morgan fingerprint density at radius 3 is 2.13 bits per heavy atom. The lowest BCUT2D eigenvalue weighted by molar-refractivity contribution is -0.110. The van der Waals surface area contributed by atoms with Crippen LogP contribution in [-0.2, 0) is 4.79 Å². The van der Waals surface area contributed by atoms with E-state index in [-0.39, 0.29) is 11.8 Å². The van der Waals surface area contributed by atoms with Crippen LogP contribution in [0, 0.1) is 13.8 Å². The third-order valence-corrected chi connectivity index (χ3v) is 7.90. The highest BCUT2D eigenvalue weighted by atomic mass is 16.2. The van der Waals surface area contributed by atoms with Gasteiger partial charge >= 0.3 is 0 Å². The minimum Gasteiger partial charge on any atom is -0.358 e. The van der Waals surface area contributed by atoms with E-state index in [4.69, 9.17) is 0 Å². The maximum absolute atomic E-state index is 13.4. The second kappa shape index (κ2) is 10.0. The van der Waals surface area contributed by atoms with Crippen molar-refractivity contribution in [2.24, 2.45) is 0 Å². The van der Waals surface area contributed by atoms with Crippen LogP contribution in [0.15, 0.2) is 72.8 Å². The van der Waals surface area contributed by atoms with Crippen molar-refractivity contribution >= 4 is 29.2 Å². The van der Waals surface area contributed by atoms with Crippen LogP contribution in [-0.4, -0.2) is 59.8 Å². The van der Waals surface area contributed by atoms with Crippen molar-refractivity contribution in [2.75, 3.05) is 38.5 Å². The number of hydrogen-bond donors (Lipinski definition) is 2. The van der Waals surface area contributed by atoms with Crippen LogP contribution in [0.5, 0.6) is 0 Å². The smallest absolute Gasteiger partial charge is 0.256 e. The van der Waals surface area contributed by atoms with Crippen molar-refractivity contribution in [1.82, 2.24) is 14.8 Å². The molecule has 1 aromatic heterocycles. The minimum absolute atomic E-state index is 0.0523. The van der Waals surface area contributed by atoms with Crippen LogP contribution < -0.4 is 5.32 Å². The van der Waals surface area contributed by atoms with E-state index in [0.29, 0.717) is 11.1 Å². The summed E-state index contributed by atoms with van der Waals surface area (Å²) in [6.45, 7) is 7.08. The fourth-order valence-corrected chi connectivity index (χ4v) is 5.55. The molecule has 2 aliphatic rings. The molecule has 0 saturated carbocycles. The van der Waals surface area contributed by atoms with Gasteiger partial charge in [-0.05, 0) is 66.9 Å². The number of fused-ring (bicyclic) bond motifs is 1. The Hall–Kier alpha value is -4.42. The van der Waals surface area contributed by atoms with Crippen molar-refractivity contribution in [3.05, 3.63) is 101 Å². The van der Waals surface area contributed by atoms with E-state index in [2.05, 4.69) is 64.7 Å². The number of piperazine rings is 1. The molecule has 39 heavy (non-hydrogen) atoms. The number of carbonyl (C=O) groups is 2. The first-order valence-corrected chi connectivity index (χ1v) is 13.4. The summed E-state index contributed by atoms with van der Waals surface area (Å²) in [6, 6.07) is 24.9. The molecule has 0 unspecified atom stereocenters. The number of amides is 2. The molecule has 3 heterocycles. The Morgan fingerprint density at radius 2 is 1.44 bits per heavy atom.